The van der Waals surface area contributed by atoms with Crippen molar-refractivity contribution >= 4 is 38.7 Å². The van der Waals surface area contributed by atoms with Gasteiger partial charge in [0.05, 0.1) is 9.77 Å². The summed E-state index contributed by atoms with van der Waals surface area (Å²) in [6.07, 6.45) is 3.82. The fourth-order valence-corrected chi connectivity index (χ4v) is 5.69. The van der Waals surface area contributed by atoms with Crippen LogP contribution in [-0.2, 0) is 10.0 Å². The molecule has 1 saturated heterocycles. The van der Waals surface area contributed by atoms with E-state index in [1.54, 1.807) is 24.3 Å². The van der Waals surface area contributed by atoms with Gasteiger partial charge in [0.25, 0.3) is 5.91 Å². The van der Waals surface area contributed by atoms with E-state index in [2.05, 4.69) is 5.32 Å². The highest BCUT2D eigenvalue weighted by atomic mass is 32.2. The minimum Gasteiger partial charge on any atom is -0.321 e. The Bertz CT molecular complexity index is 942. The summed E-state index contributed by atoms with van der Waals surface area (Å²) < 4.78 is 27.1. The minimum absolute atomic E-state index is 0.0898. The van der Waals surface area contributed by atoms with Crippen molar-refractivity contribution in [3.8, 4) is 0 Å². The summed E-state index contributed by atoms with van der Waals surface area (Å²) in [7, 11) is -3.57. The van der Waals surface area contributed by atoms with Crippen molar-refractivity contribution in [3.63, 3.8) is 0 Å². The number of benzene rings is 1. The molecule has 0 bridgehead atoms. The number of sulfonamides is 1. The summed E-state index contributed by atoms with van der Waals surface area (Å²) in [6.45, 7) is 2.51. The first-order valence-electron chi connectivity index (χ1n) is 8.89. The molecule has 2 aromatic rings. The van der Waals surface area contributed by atoms with Crippen LogP contribution in [0, 0.1) is 0 Å². The fraction of sp³-hybridized carbons (Fsp3) is 0.368. The Kier molecular flexibility index (Phi) is 6.08. The number of Topliss-reactive ketones (excluding diaryl/α,β-unsaturated/α-hetero) is 1. The molecular weight excluding hydrogens is 384 g/mol. The van der Waals surface area contributed by atoms with Crippen molar-refractivity contribution in [2.24, 2.45) is 0 Å². The molecule has 0 unspecified atom stereocenters. The highest BCUT2D eigenvalue weighted by Gasteiger charge is 2.27. The molecular formula is C19H22N2O4S2. The number of carbonyl (C=O) groups is 2. The number of thiophene rings is 1. The average Bonchev–Trinajstić information content (AvgIpc) is 2.98. The van der Waals surface area contributed by atoms with Gasteiger partial charge >= 0.3 is 0 Å². The third kappa shape index (κ3) is 4.63. The molecule has 1 N–H and O–H groups in total. The van der Waals surface area contributed by atoms with Gasteiger partial charge in [-0.25, -0.2) is 8.42 Å². The van der Waals surface area contributed by atoms with Crippen molar-refractivity contribution in [1.82, 2.24) is 4.31 Å². The van der Waals surface area contributed by atoms with Crippen LogP contribution in [0.2, 0.25) is 0 Å². The standard InChI is InChI=1S/C19H22N2O4S2/c1-14(22)15-7-6-8-16(11-15)20-19(23)18-12-17(13-26-18)27(24,25)21-9-4-2-3-5-10-21/h6-8,11-13H,2-5,9-10H2,1H3,(H,20,23). The molecule has 2 heterocycles. The second kappa shape index (κ2) is 8.33. The van der Waals surface area contributed by atoms with Gasteiger partial charge in [0.2, 0.25) is 10.0 Å². The van der Waals surface area contributed by atoms with Crippen LogP contribution in [-0.4, -0.2) is 37.5 Å². The lowest BCUT2D eigenvalue weighted by Crippen LogP contribution is -2.31. The zero-order chi connectivity index (χ0) is 19.4. The van der Waals surface area contributed by atoms with E-state index in [-0.39, 0.29) is 10.7 Å². The molecule has 8 heteroatoms. The number of hydrogen-bond donors (Lipinski definition) is 1. The van der Waals surface area contributed by atoms with Gasteiger partial charge < -0.3 is 5.32 Å². The Labute approximate surface area is 163 Å². The Balaban J connectivity index is 1.75. The predicted molar refractivity (Wildman–Crippen MR) is 106 cm³/mol. The van der Waals surface area contributed by atoms with Crippen molar-refractivity contribution in [2.45, 2.75) is 37.5 Å². The number of amides is 1. The molecule has 0 radical (unpaired) electrons. The molecule has 0 atom stereocenters. The summed E-state index contributed by atoms with van der Waals surface area (Å²) in [6, 6.07) is 8.08. The monoisotopic (exact) mass is 406 g/mol. The van der Waals surface area contributed by atoms with Gasteiger partial charge in [0, 0.05) is 29.7 Å². The molecule has 6 nitrogen and oxygen atoms in total. The van der Waals surface area contributed by atoms with Gasteiger partial charge in [-0.3, -0.25) is 9.59 Å². The molecule has 0 spiro atoms. The highest BCUT2D eigenvalue weighted by Crippen LogP contribution is 2.25. The first kappa shape index (κ1) is 19.7. The molecule has 3 rings (SSSR count). The maximum Gasteiger partial charge on any atom is 0.265 e. The van der Waals surface area contributed by atoms with Crippen LogP contribution in [0.25, 0.3) is 0 Å². The molecule has 1 aliphatic rings. The largest absolute Gasteiger partial charge is 0.321 e. The molecule has 0 saturated carbocycles. The zero-order valence-electron chi connectivity index (χ0n) is 15.1. The Morgan fingerprint density at radius 2 is 1.78 bits per heavy atom. The van der Waals surface area contributed by atoms with Gasteiger partial charge in [-0.15, -0.1) is 11.3 Å². The van der Waals surface area contributed by atoms with Crippen LogP contribution >= 0.6 is 11.3 Å². The van der Waals surface area contributed by atoms with Gasteiger partial charge in [0.15, 0.2) is 5.78 Å². The third-order valence-electron chi connectivity index (χ3n) is 4.53. The van der Waals surface area contributed by atoms with E-state index < -0.39 is 15.9 Å². The molecule has 1 aromatic heterocycles. The van der Waals surface area contributed by atoms with Crippen LogP contribution in [0.4, 0.5) is 5.69 Å². The van der Waals surface area contributed by atoms with E-state index in [0.717, 1.165) is 37.0 Å². The van der Waals surface area contributed by atoms with Crippen LogP contribution in [0.3, 0.4) is 0 Å². The number of ketones is 1. The van der Waals surface area contributed by atoms with Crippen molar-refractivity contribution in [2.75, 3.05) is 18.4 Å². The highest BCUT2D eigenvalue weighted by molar-refractivity contribution is 7.89. The second-order valence-electron chi connectivity index (χ2n) is 6.56. The normalized spacial score (nSPS) is 15.9. The summed E-state index contributed by atoms with van der Waals surface area (Å²) >= 11 is 1.10. The fourth-order valence-electron chi connectivity index (χ4n) is 3.01. The van der Waals surface area contributed by atoms with Crippen LogP contribution in [0.15, 0.2) is 40.6 Å². The lowest BCUT2D eigenvalue weighted by molar-refractivity contribution is 0.101. The predicted octanol–water partition coefficient (Wildman–Crippen LogP) is 3.77. The Morgan fingerprint density at radius 1 is 1.07 bits per heavy atom. The number of nitrogens with zero attached hydrogens (tertiary/aromatic N) is 1. The first-order chi connectivity index (χ1) is 12.9. The van der Waals surface area contributed by atoms with Gasteiger partial charge in [0.1, 0.15) is 0 Å². The van der Waals surface area contributed by atoms with E-state index in [1.165, 1.54) is 22.7 Å². The quantitative estimate of drug-likeness (QED) is 0.766. The average molecular weight is 407 g/mol. The van der Waals surface area contributed by atoms with E-state index in [4.69, 9.17) is 0 Å². The minimum atomic E-state index is -3.57. The lowest BCUT2D eigenvalue weighted by atomic mass is 10.1. The maximum atomic E-state index is 12.8. The smallest absolute Gasteiger partial charge is 0.265 e. The number of nitrogens with one attached hydrogen (secondary N) is 1. The van der Waals surface area contributed by atoms with E-state index in [1.807, 2.05) is 0 Å². The van der Waals surface area contributed by atoms with Crippen molar-refractivity contribution in [1.29, 1.82) is 0 Å². The summed E-state index contributed by atoms with van der Waals surface area (Å²) in [5.41, 5.74) is 1.00. The molecule has 27 heavy (non-hydrogen) atoms. The van der Waals surface area contributed by atoms with Gasteiger partial charge in [-0.2, -0.15) is 4.31 Å². The number of anilines is 1. The van der Waals surface area contributed by atoms with Crippen LogP contribution in [0.1, 0.15) is 52.6 Å². The Morgan fingerprint density at radius 3 is 2.44 bits per heavy atom. The molecule has 1 aromatic carbocycles. The first-order valence-corrected chi connectivity index (χ1v) is 11.2. The lowest BCUT2D eigenvalue weighted by Gasteiger charge is -2.18. The van der Waals surface area contributed by atoms with Crippen molar-refractivity contribution < 1.29 is 18.0 Å². The van der Waals surface area contributed by atoms with Crippen molar-refractivity contribution in [3.05, 3.63) is 46.2 Å². The molecule has 1 aliphatic heterocycles. The molecule has 1 fully saturated rings. The summed E-state index contributed by atoms with van der Waals surface area (Å²) in [5, 5.41) is 4.23. The van der Waals surface area contributed by atoms with E-state index in [9.17, 15) is 18.0 Å². The van der Waals surface area contributed by atoms with Crippen LogP contribution in [0.5, 0.6) is 0 Å². The topological polar surface area (TPSA) is 83.5 Å². The number of carbonyl (C=O) groups excluding carboxylic acids is 2. The maximum absolute atomic E-state index is 12.8. The second-order valence-corrected chi connectivity index (χ2v) is 9.41. The van der Waals surface area contributed by atoms with E-state index in [0.29, 0.717) is 29.2 Å². The Hall–Kier alpha value is -2.03. The third-order valence-corrected chi connectivity index (χ3v) is 7.48. The molecule has 0 aliphatic carbocycles. The van der Waals surface area contributed by atoms with Crippen LogP contribution < -0.4 is 5.32 Å². The summed E-state index contributed by atoms with van der Waals surface area (Å²) in [4.78, 5) is 24.4. The van der Waals surface area contributed by atoms with Gasteiger partial charge in [-0.1, -0.05) is 25.0 Å². The van der Waals surface area contributed by atoms with E-state index >= 15 is 0 Å². The SMILES string of the molecule is CC(=O)c1cccc(NC(=O)c2cc(S(=O)(=O)N3CCCCCC3)cs2)c1. The summed E-state index contributed by atoms with van der Waals surface area (Å²) in [5.74, 6) is -0.480. The number of rotatable bonds is 5. The zero-order valence-corrected chi connectivity index (χ0v) is 16.7. The molecule has 144 valence electrons. The molecule has 1 amide bonds. The number of hydrogen-bond acceptors (Lipinski definition) is 5. The van der Waals surface area contributed by atoms with Gasteiger partial charge in [-0.05, 0) is 38.0 Å².